The molecule has 2 rings (SSSR count). The summed E-state index contributed by atoms with van der Waals surface area (Å²) in [6, 6.07) is 15.9. The van der Waals surface area contributed by atoms with Gasteiger partial charge >= 0.3 is 17.5 Å². The van der Waals surface area contributed by atoms with E-state index >= 15 is 0 Å². The molecule has 0 heterocycles. The number of aliphatic hydroxyl groups excluding tert-OH is 1. The second-order valence-electron chi connectivity index (χ2n) is 4.90. The van der Waals surface area contributed by atoms with Gasteiger partial charge in [-0.3, -0.25) is 0 Å². The lowest BCUT2D eigenvalue weighted by Gasteiger charge is -2.30. The molecule has 0 aliphatic heterocycles. The first-order chi connectivity index (χ1) is 11.5. The van der Waals surface area contributed by atoms with Crippen molar-refractivity contribution in [3.8, 4) is 11.5 Å². The van der Waals surface area contributed by atoms with Crippen LogP contribution in [0, 0.1) is 0 Å². The maximum atomic E-state index is 11.6. The number of rotatable bonds is 8. The summed E-state index contributed by atoms with van der Waals surface area (Å²) < 4.78 is 10.4. The van der Waals surface area contributed by atoms with Gasteiger partial charge in [0, 0.05) is 0 Å². The summed E-state index contributed by atoms with van der Waals surface area (Å²) in [6.07, 6.45) is -1.95. The van der Waals surface area contributed by atoms with Crippen LogP contribution in [-0.4, -0.2) is 45.6 Å². The Hall–Kier alpha value is -3.06. The number of para-hydroxylation sites is 2. The van der Waals surface area contributed by atoms with Gasteiger partial charge in [-0.1, -0.05) is 36.4 Å². The van der Waals surface area contributed by atoms with Gasteiger partial charge in [-0.2, -0.15) is 0 Å². The van der Waals surface area contributed by atoms with Crippen LogP contribution in [0.15, 0.2) is 60.7 Å². The number of aliphatic carboxylic acids is 2. The van der Waals surface area contributed by atoms with Crippen molar-refractivity contribution >= 4 is 11.9 Å². The Balaban J connectivity index is 2.24. The molecule has 0 aliphatic carbocycles. The van der Waals surface area contributed by atoms with E-state index in [2.05, 4.69) is 0 Å². The minimum atomic E-state index is -2.89. The molecule has 0 fully saturated rings. The van der Waals surface area contributed by atoms with Crippen molar-refractivity contribution in [3.63, 3.8) is 0 Å². The van der Waals surface area contributed by atoms with E-state index in [-0.39, 0.29) is 5.75 Å². The summed E-state index contributed by atoms with van der Waals surface area (Å²) >= 11 is 0. The van der Waals surface area contributed by atoms with E-state index in [0.717, 1.165) is 0 Å². The molecular formula is C17H16O7. The number of carboxylic acid groups (broad SMARTS) is 2. The fraction of sp³-hybridized carbons (Fsp3) is 0.176. The minimum Gasteiger partial charge on any atom is -0.491 e. The standard InChI is InChI=1S/C17H16O7/c18-14(11-23-12-7-3-1-4-8-12)17(15(19)20,16(21)22)24-13-9-5-2-6-10-13/h1-10,14,18H,11H2,(H,19,20)(H,21,22). The van der Waals surface area contributed by atoms with Gasteiger partial charge in [0.25, 0.3) is 0 Å². The largest absolute Gasteiger partial charge is 0.491 e. The van der Waals surface area contributed by atoms with Crippen molar-refractivity contribution in [2.45, 2.75) is 11.7 Å². The summed E-state index contributed by atoms with van der Waals surface area (Å²) in [7, 11) is 0. The maximum Gasteiger partial charge on any atom is 0.363 e. The van der Waals surface area contributed by atoms with E-state index in [1.165, 1.54) is 12.1 Å². The summed E-state index contributed by atoms with van der Waals surface area (Å²) in [5, 5.41) is 29.0. The molecule has 7 nitrogen and oxygen atoms in total. The molecule has 0 spiro atoms. The van der Waals surface area contributed by atoms with Crippen molar-refractivity contribution in [1.82, 2.24) is 0 Å². The SMILES string of the molecule is O=C(O)C(Oc1ccccc1)(C(=O)O)C(O)COc1ccccc1. The number of hydrogen-bond acceptors (Lipinski definition) is 5. The maximum absolute atomic E-state index is 11.6. The average molecular weight is 332 g/mol. The first-order valence-electron chi connectivity index (χ1n) is 7.03. The summed E-state index contributed by atoms with van der Waals surface area (Å²) in [4.78, 5) is 23.2. The summed E-state index contributed by atoms with van der Waals surface area (Å²) in [5.74, 6) is -3.30. The second-order valence-corrected chi connectivity index (χ2v) is 4.90. The van der Waals surface area contributed by atoms with Gasteiger partial charge in [0.1, 0.15) is 24.2 Å². The van der Waals surface area contributed by atoms with E-state index < -0.39 is 30.3 Å². The molecule has 0 bridgehead atoms. The molecule has 0 saturated carbocycles. The number of carbonyl (C=O) groups is 2. The first kappa shape index (κ1) is 17.3. The molecule has 0 radical (unpaired) electrons. The number of benzene rings is 2. The topological polar surface area (TPSA) is 113 Å². The molecule has 0 saturated heterocycles. The van der Waals surface area contributed by atoms with Gasteiger partial charge in [0.05, 0.1) is 0 Å². The van der Waals surface area contributed by atoms with Crippen LogP contribution < -0.4 is 9.47 Å². The zero-order chi connectivity index (χ0) is 17.6. The molecule has 24 heavy (non-hydrogen) atoms. The van der Waals surface area contributed by atoms with Gasteiger partial charge in [0.15, 0.2) is 0 Å². The molecule has 1 atom stereocenters. The minimum absolute atomic E-state index is 0.000983. The van der Waals surface area contributed by atoms with Crippen molar-refractivity contribution in [2.24, 2.45) is 0 Å². The summed E-state index contributed by atoms with van der Waals surface area (Å²) in [5.41, 5.74) is -2.89. The second kappa shape index (κ2) is 7.47. The third kappa shape index (κ3) is 3.64. The number of carboxylic acids is 2. The van der Waals surface area contributed by atoms with Crippen molar-refractivity contribution in [3.05, 3.63) is 60.7 Å². The van der Waals surface area contributed by atoms with Gasteiger partial charge < -0.3 is 24.8 Å². The Morgan fingerprint density at radius 3 is 1.79 bits per heavy atom. The van der Waals surface area contributed by atoms with Gasteiger partial charge in [0.2, 0.25) is 0 Å². The lowest BCUT2D eigenvalue weighted by molar-refractivity contribution is -0.185. The van der Waals surface area contributed by atoms with E-state index in [1.807, 2.05) is 0 Å². The highest BCUT2D eigenvalue weighted by molar-refractivity contribution is 6.03. The molecule has 3 N–H and O–H groups in total. The van der Waals surface area contributed by atoms with Crippen LogP contribution >= 0.6 is 0 Å². The highest BCUT2D eigenvalue weighted by atomic mass is 16.6. The predicted molar refractivity (Wildman–Crippen MR) is 83.0 cm³/mol. The van der Waals surface area contributed by atoms with Gasteiger partial charge in [-0.25, -0.2) is 9.59 Å². The molecule has 2 aromatic carbocycles. The molecule has 7 heteroatoms. The van der Waals surface area contributed by atoms with E-state index in [0.29, 0.717) is 5.75 Å². The molecule has 0 aromatic heterocycles. The molecular weight excluding hydrogens is 316 g/mol. The van der Waals surface area contributed by atoms with Crippen molar-refractivity contribution in [2.75, 3.05) is 6.61 Å². The molecule has 0 aliphatic rings. The Bertz CT molecular complexity index is 671. The number of hydrogen-bond donors (Lipinski definition) is 3. The normalized spacial score (nSPS) is 12.2. The Morgan fingerprint density at radius 1 is 0.875 bits per heavy atom. The Kier molecular flexibility index (Phi) is 5.39. The third-order valence-electron chi connectivity index (χ3n) is 3.28. The first-order valence-corrected chi connectivity index (χ1v) is 7.03. The van der Waals surface area contributed by atoms with Crippen LogP contribution in [-0.2, 0) is 9.59 Å². The van der Waals surface area contributed by atoms with Crippen molar-refractivity contribution in [1.29, 1.82) is 0 Å². The van der Waals surface area contributed by atoms with Crippen LogP contribution in [0.2, 0.25) is 0 Å². The summed E-state index contributed by atoms with van der Waals surface area (Å²) in [6.45, 7) is -0.574. The van der Waals surface area contributed by atoms with E-state index in [9.17, 15) is 24.9 Å². The quantitative estimate of drug-likeness (QED) is 0.626. The third-order valence-corrected chi connectivity index (χ3v) is 3.28. The van der Waals surface area contributed by atoms with Crippen LogP contribution in [0.1, 0.15) is 0 Å². The number of aliphatic hydroxyl groups is 1. The van der Waals surface area contributed by atoms with Crippen LogP contribution in [0.5, 0.6) is 11.5 Å². The lowest BCUT2D eigenvalue weighted by atomic mass is 9.96. The average Bonchev–Trinajstić information content (AvgIpc) is 2.58. The predicted octanol–water partition coefficient (Wildman–Crippen LogP) is 1.41. The Labute approximate surface area is 137 Å². The molecule has 1 unspecified atom stereocenters. The van der Waals surface area contributed by atoms with Crippen LogP contribution in [0.4, 0.5) is 0 Å². The molecule has 2 aromatic rings. The molecule has 126 valence electrons. The Morgan fingerprint density at radius 2 is 1.33 bits per heavy atom. The highest BCUT2D eigenvalue weighted by Crippen LogP contribution is 2.24. The monoisotopic (exact) mass is 332 g/mol. The smallest absolute Gasteiger partial charge is 0.363 e. The molecule has 0 amide bonds. The van der Waals surface area contributed by atoms with Crippen LogP contribution in [0.3, 0.4) is 0 Å². The number of ether oxygens (including phenoxy) is 2. The zero-order valence-corrected chi connectivity index (χ0v) is 12.5. The van der Waals surface area contributed by atoms with Gasteiger partial charge in [-0.15, -0.1) is 0 Å². The fourth-order valence-electron chi connectivity index (χ4n) is 2.02. The van der Waals surface area contributed by atoms with E-state index in [1.54, 1.807) is 48.5 Å². The lowest BCUT2D eigenvalue weighted by Crippen LogP contribution is -2.62. The van der Waals surface area contributed by atoms with Gasteiger partial charge in [-0.05, 0) is 24.3 Å². The highest BCUT2D eigenvalue weighted by Gasteiger charge is 2.56. The van der Waals surface area contributed by atoms with Crippen molar-refractivity contribution < 1.29 is 34.4 Å². The fourth-order valence-corrected chi connectivity index (χ4v) is 2.02. The van der Waals surface area contributed by atoms with Crippen LogP contribution in [0.25, 0.3) is 0 Å². The van der Waals surface area contributed by atoms with E-state index in [4.69, 9.17) is 9.47 Å². The zero-order valence-electron chi connectivity index (χ0n) is 12.5.